The Morgan fingerprint density at radius 1 is 1.15 bits per heavy atom. The molecule has 3 nitrogen and oxygen atoms in total. The first-order chi connectivity index (χ1) is 9.56. The number of amides is 1. The smallest absolute Gasteiger partial charge is 0.234 e. The molecule has 0 aliphatic heterocycles. The first-order valence-corrected chi connectivity index (χ1v) is 7.52. The normalized spacial score (nSPS) is 10.3. The van der Waals surface area contributed by atoms with Crippen molar-refractivity contribution in [2.24, 2.45) is 0 Å². The van der Waals surface area contributed by atoms with E-state index in [4.69, 9.17) is 28.9 Å². The molecular formula is C14H12Cl2N2OS. The molecule has 0 radical (unpaired) electrons. The van der Waals surface area contributed by atoms with Crippen molar-refractivity contribution >= 4 is 52.2 Å². The van der Waals surface area contributed by atoms with E-state index >= 15 is 0 Å². The van der Waals surface area contributed by atoms with Crippen molar-refractivity contribution in [2.45, 2.75) is 4.90 Å². The van der Waals surface area contributed by atoms with Gasteiger partial charge in [0.25, 0.3) is 0 Å². The summed E-state index contributed by atoms with van der Waals surface area (Å²) in [6.07, 6.45) is 0. The van der Waals surface area contributed by atoms with E-state index in [0.29, 0.717) is 21.4 Å². The number of hydrogen-bond donors (Lipinski definition) is 2. The van der Waals surface area contributed by atoms with Crippen LogP contribution in [0.2, 0.25) is 10.0 Å². The highest BCUT2D eigenvalue weighted by Crippen LogP contribution is 2.32. The second kappa shape index (κ2) is 6.88. The molecule has 0 aromatic heterocycles. The average molecular weight is 327 g/mol. The van der Waals surface area contributed by atoms with Crippen LogP contribution in [0.4, 0.5) is 11.4 Å². The maximum Gasteiger partial charge on any atom is 0.234 e. The molecule has 2 rings (SSSR count). The van der Waals surface area contributed by atoms with Gasteiger partial charge < -0.3 is 11.1 Å². The van der Waals surface area contributed by atoms with Gasteiger partial charge in [0, 0.05) is 21.3 Å². The summed E-state index contributed by atoms with van der Waals surface area (Å²) in [4.78, 5) is 12.6. The number of nitrogens with two attached hydrogens (primary N) is 1. The van der Waals surface area contributed by atoms with Gasteiger partial charge in [-0.3, -0.25) is 4.79 Å². The summed E-state index contributed by atoms with van der Waals surface area (Å²) >= 11 is 13.1. The maximum atomic E-state index is 11.8. The highest BCUT2D eigenvalue weighted by atomic mass is 35.5. The number of benzene rings is 2. The Kier molecular flexibility index (Phi) is 5.17. The van der Waals surface area contributed by atoms with Crippen molar-refractivity contribution in [3.63, 3.8) is 0 Å². The summed E-state index contributed by atoms with van der Waals surface area (Å²) < 4.78 is 0. The number of halogens is 2. The van der Waals surface area contributed by atoms with Crippen LogP contribution in [-0.4, -0.2) is 11.7 Å². The third-order valence-electron chi connectivity index (χ3n) is 2.47. The number of nitrogens with one attached hydrogen (secondary N) is 1. The van der Waals surface area contributed by atoms with Gasteiger partial charge in [0.2, 0.25) is 5.91 Å². The minimum atomic E-state index is -0.128. The molecule has 0 unspecified atom stereocenters. The molecule has 20 heavy (non-hydrogen) atoms. The third-order valence-corrected chi connectivity index (χ3v) is 4.30. The number of carbonyl (C=O) groups is 1. The molecule has 3 N–H and O–H groups in total. The SMILES string of the molecule is Nc1cccc(Cl)c1SCC(=O)Nc1ccc(Cl)cc1. The van der Waals surface area contributed by atoms with Gasteiger partial charge in [-0.1, -0.05) is 29.3 Å². The Morgan fingerprint density at radius 2 is 1.85 bits per heavy atom. The topological polar surface area (TPSA) is 55.1 Å². The van der Waals surface area contributed by atoms with Crippen LogP contribution in [-0.2, 0) is 4.79 Å². The largest absolute Gasteiger partial charge is 0.398 e. The Labute approximate surface area is 131 Å². The van der Waals surface area contributed by atoms with E-state index in [2.05, 4.69) is 5.32 Å². The fourth-order valence-corrected chi connectivity index (χ4v) is 2.81. The zero-order chi connectivity index (χ0) is 14.5. The predicted octanol–water partition coefficient (Wildman–Crippen LogP) is 4.31. The summed E-state index contributed by atoms with van der Waals surface area (Å²) in [5.41, 5.74) is 7.10. The van der Waals surface area contributed by atoms with Crippen molar-refractivity contribution in [3.8, 4) is 0 Å². The van der Waals surface area contributed by atoms with Crippen molar-refractivity contribution in [1.82, 2.24) is 0 Å². The molecule has 0 spiro atoms. The lowest BCUT2D eigenvalue weighted by Gasteiger charge is -2.08. The zero-order valence-electron chi connectivity index (χ0n) is 10.4. The number of rotatable bonds is 4. The molecule has 2 aromatic carbocycles. The lowest BCUT2D eigenvalue weighted by atomic mass is 10.3. The number of nitrogen functional groups attached to an aromatic ring is 1. The van der Waals surface area contributed by atoms with Gasteiger partial charge in [0.15, 0.2) is 0 Å². The molecule has 0 fully saturated rings. The highest BCUT2D eigenvalue weighted by Gasteiger charge is 2.09. The van der Waals surface area contributed by atoms with Gasteiger partial charge >= 0.3 is 0 Å². The number of hydrogen-bond acceptors (Lipinski definition) is 3. The van der Waals surface area contributed by atoms with Crippen LogP contribution in [0, 0.1) is 0 Å². The quantitative estimate of drug-likeness (QED) is 0.650. The van der Waals surface area contributed by atoms with E-state index in [1.165, 1.54) is 11.8 Å². The minimum absolute atomic E-state index is 0.128. The van der Waals surface area contributed by atoms with E-state index in [1.54, 1.807) is 42.5 Å². The number of carbonyl (C=O) groups excluding carboxylic acids is 1. The van der Waals surface area contributed by atoms with Crippen LogP contribution < -0.4 is 11.1 Å². The van der Waals surface area contributed by atoms with Gasteiger partial charge in [-0.2, -0.15) is 0 Å². The van der Waals surface area contributed by atoms with Crippen molar-refractivity contribution in [2.75, 3.05) is 16.8 Å². The molecule has 0 atom stereocenters. The summed E-state index contributed by atoms with van der Waals surface area (Å²) in [6.45, 7) is 0. The van der Waals surface area contributed by atoms with Crippen LogP contribution in [0.15, 0.2) is 47.4 Å². The fourth-order valence-electron chi connectivity index (χ4n) is 1.55. The second-order valence-electron chi connectivity index (χ2n) is 4.00. The van der Waals surface area contributed by atoms with Crippen LogP contribution in [0.3, 0.4) is 0 Å². The Balaban J connectivity index is 1.94. The Bertz CT molecular complexity index is 597. The van der Waals surface area contributed by atoms with Gasteiger partial charge in [0.1, 0.15) is 0 Å². The van der Waals surface area contributed by atoms with E-state index in [0.717, 1.165) is 4.90 Å². The summed E-state index contributed by atoms with van der Waals surface area (Å²) in [6, 6.07) is 12.2. The van der Waals surface area contributed by atoms with Crippen molar-refractivity contribution in [1.29, 1.82) is 0 Å². The van der Waals surface area contributed by atoms with Crippen LogP contribution in [0.1, 0.15) is 0 Å². The number of thioether (sulfide) groups is 1. The molecule has 2 aromatic rings. The Hall–Kier alpha value is -1.36. The molecule has 0 aliphatic rings. The van der Waals surface area contributed by atoms with Gasteiger partial charge in [0.05, 0.1) is 10.8 Å². The van der Waals surface area contributed by atoms with Crippen molar-refractivity contribution in [3.05, 3.63) is 52.5 Å². The highest BCUT2D eigenvalue weighted by molar-refractivity contribution is 8.00. The molecule has 0 saturated carbocycles. The number of anilines is 2. The first-order valence-electron chi connectivity index (χ1n) is 5.78. The van der Waals surface area contributed by atoms with E-state index in [-0.39, 0.29) is 11.7 Å². The molecule has 0 heterocycles. The first kappa shape index (κ1) is 15.0. The zero-order valence-corrected chi connectivity index (χ0v) is 12.7. The molecule has 104 valence electrons. The predicted molar refractivity (Wildman–Crippen MR) is 86.7 cm³/mol. The summed E-state index contributed by atoms with van der Waals surface area (Å²) in [5.74, 6) is 0.105. The minimum Gasteiger partial charge on any atom is -0.398 e. The molecule has 0 saturated heterocycles. The van der Waals surface area contributed by atoms with Crippen LogP contribution in [0.25, 0.3) is 0 Å². The van der Waals surface area contributed by atoms with Crippen molar-refractivity contribution < 1.29 is 4.79 Å². The van der Waals surface area contributed by atoms with E-state index < -0.39 is 0 Å². The molecule has 1 amide bonds. The molecule has 0 aliphatic carbocycles. The summed E-state index contributed by atoms with van der Waals surface area (Å²) in [5, 5.41) is 3.95. The van der Waals surface area contributed by atoms with Crippen LogP contribution >= 0.6 is 35.0 Å². The monoisotopic (exact) mass is 326 g/mol. The van der Waals surface area contributed by atoms with Crippen LogP contribution in [0.5, 0.6) is 0 Å². The summed E-state index contributed by atoms with van der Waals surface area (Å²) in [7, 11) is 0. The average Bonchev–Trinajstić information content (AvgIpc) is 2.41. The van der Waals surface area contributed by atoms with Gasteiger partial charge in [-0.05, 0) is 36.4 Å². The standard InChI is InChI=1S/C14H12Cl2N2OS/c15-9-4-6-10(7-5-9)18-13(19)8-20-14-11(16)2-1-3-12(14)17/h1-7H,8,17H2,(H,18,19). The second-order valence-corrected chi connectivity index (χ2v) is 5.83. The molecule has 0 bridgehead atoms. The van der Waals surface area contributed by atoms with E-state index in [1.807, 2.05) is 0 Å². The van der Waals surface area contributed by atoms with E-state index in [9.17, 15) is 4.79 Å². The maximum absolute atomic E-state index is 11.8. The van der Waals surface area contributed by atoms with Gasteiger partial charge in [-0.15, -0.1) is 11.8 Å². The van der Waals surface area contributed by atoms with Gasteiger partial charge in [-0.25, -0.2) is 0 Å². The lowest BCUT2D eigenvalue weighted by Crippen LogP contribution is -2.14. The lowest BCUT2D eigenvalue weighted by molar-refractivity contribution is -0.113. The third kappa shape index (κ3) is 4.07. The fraction of sp³-hybridized carbons (Fsp3) is 0.0714. The molecule has 6 heteroatoms. The molecular weight excluding hydrogens is 315 g/mol. The Morgan fingerprint density at radius 3 is 2.50 bits per heavy atom.